The van der Waals surface area contributed by atoms with Crippen molar-refractivity contribution in [3.05, 3.63) is 0 Å². The normalized spacial score (nSPS) is 37.4. The molecule has 0 spiro atoms. The molecule has 2 aliphatic rings. The van der Waals surface area contributed by atoms with E-state index in [1.165, 1.54) is 12.8 Å². The van der Waals surface area contributed by atoms with Crippen LogP contribution >= 0.6 is 0 Å². The van der Waals surface area contributed by atoms with Gasteiger partial charge in [-0.2, -0.15) is 0 Å². The molecule has 2 fully saturated rings. The van der Waals surface area contributed by atoms with Gasteiger partial charge >= 0.3 is 0 Å². The molecule has 1 aliphatic carbocycles. The SMILES string of the molecule is NC1(CF)CCCN(C2CC2)CC1. The molecule has 76 valence electrons. The van der Waals surface area contributed by atoms with E-state index in [0.29, 0.717) is 0 Å². The third-order valence-electron chi connectivity index (χ3n) is 3.35. The smallest absolute Gasteiger partial charge is 0.107 e. The molecule has 1 saturated heterocycles. The average Bonchev–Trinajstić information content (AvgIpc) is 2.91. The number of hydrogen-bond donors (Lipinski definition) is 1. The monoisotopic (exact) mass is 186 g/mol. The van der Waals surface area contributed by atoms with Gasteiger partial charge in [0.2, 0.25) is 0 Å². The van der Waals surface area contributed by atoms with Crippen molar-refractivity contribution in [3.8, 4) is 0 Å². The van der Waals surface area contributed by atoms with Crippen LogP contribution in [0.5, 0.6) is 0 Å². The van der Waals surface area contributed by atoms with E-state index in [4.69, 9.17) is 5.73 Å². The van der Waals surface area contributed by atoms with Gasteiger partial charge in [0.1, 0.15) is 6.67 Å². The number of likely N-dealkylation sites (tertiary alicyclic amines) is 1. The summed E-state index contributed by atoms with van der Waals surface area (Å²) in [6, 6.07) is 0.807. The lowest BCUT2D eigenvalue weighted by molar-refractivity contribution is 0.247. The van der Waals surface area contributed by atoms with Gasteiger partial charge in [0, 0.05) is 18.1 Å². The Bertz CT molecular complexity index is 182. The molecule has 0 radical (unpaired) electrons. The van der Waals surface area contributed by atoms with E-state index in [-0.39, 0.29) is 6.67 Å². The van der Waals surface area contributed by atoms with Crippen LogP contribution in [0.25, 0.3) is 0 Å². The van der Waals surface area contributed by atoms with E-state index < -0.39 is 5.54 Å². The van der Waals surface area contributed by atoms with Crippen molar-refractivity contribution in [1.82, 2.24) is 4.90 Å². The van der Waals surface area contributed by atoms with Gasteiger partial charge in [0.15, 0.2) is 0 Å². The summed E-state index contributed by atoms with van der Waals surface area (Å²) < 4.78 is 12.6. The molecule has 1 atom stereocenters. The molecule has 2 N–H and O–H groups in total. The fraction of sp³-hybridized carbons (Fsp3) is 1.00. The highest BCUT2D eigenvalue weighted by atomic mass is 19.1. The first-order valence-electron chi connectivity index (χ1n) is 5.32. The van der Waals surface area contributed by atoms with Crippen molar-refractivity contribution in [3.63, 3.8) is 0 Å². The molecule has 1 heterocycles. The van der Waals surface area contributed by atoms with Crippen LogP contribution in [0.3, 0.4) is 0 Å². The summed E-state index contributed by atoms with van der Waals surface area (Å²) in [7, 11) is 0. The largest absolute Gasteiger partial charge is 0.323 e. The van der Waals surface area contributed by atoms with Gasteiger partial charge in [-0.25, -0.2) is 4.39 Å². The average molecular weight is 186 g/mol. The van der Waals surface area contributed by atoms with Crippen LogP contribution in [-0.2, 0) is 0 Å². The number of halogens is 1. The highest BCUT2D eigenvalue weighted by molar-refractivity contribution is 4.92. The molecule has 0 aromatic heterocycles. The van der Waals surface area contributed by atoms with Gasteiger partial charge in [-0.1, -0.05) is 0 Å². The number of hydrogen-bond acceptors (Lipinski definition) is 2. The zero-order valence-corrected chi connectivity index (χ0v) is 8.14. The quantitative estimate of drug-likeness (QED) is 0.704. The maximum atomic E-state index is 12.6. The number of rotatable bonds is 2. The Morgan fingerprint density at radius 2 is 2.08 bits per heavy atom. The molecule has 3 heteroatoms. The van der Waals surface area contributed by atoms with E-state index in [1.807, 2.05) is 0 Å². The van der Waals surface area contributed by atoms with Gasteiger partial charge in [-0.3, -0.25) is 0 Å². The van der Waals surface area contributed by atoms with Gasteiger partial charge < -0.3 is 10.6 Å². The molecular formula is C10H19FN2. The van der Waals surface area contributed by atoms with Crippen molar-refractivity contribution in [2.45, 2.75) is 43.7 Å². The summed E-state index contributed by atoms with van der Waals surface area (Å²) in [5, 5.41) is 0. The first-order valence-corrected chi connectivity index (χ1v) is 5.32. The van der Waals surface area contributed by atoms with E-state index >= 15 is 0 Å². The van der Waals surface area contributed by atoms with Crippen LogP contribution in [0.4, 0.5) is 4.39 Å². The molecule has 0 bridgehead atoms. The van der Waals surface area contributed by atoms with Crippen molar-refractivity contribution < 1.29 is 4.39 Å². The Labute approximate surface area is 79.3 Å². The molecule has 0 amide bonds. The zero-order valence-electron chi connectivity index (χ0n) is 8.14. The van der Waals surface area contributed by atoms with Crippen molar-refractivity contribution in [2.75, 3.05) is 19.8 Å². The number of nitrogens with zero attached hydrogens (tertiary/aromatic N) is 1. The van der Waals surface area contributed by atoms with Gasteiger partial charge in [-0.05, 0) is 38.6 Å². The summed E-state index contributed by atoms with van der Waals surface area (Å²) in [4.78, 5) is 2.49. The maximum absolute atomic E-state index is 12.6. The Kier molecular flexibility index (Phi) is 2.56. The van der Waals surface area contributed by atoms with Crippen LogP contribution in [0, 0.1) is 0 Å². The Morgan fingerprint density at radius 3 is 2.69 bits per heavy atom. The van der Waals surface area contributed by atoms with Crippen molar-refractivity contribution in [1.29, 1.82) is 0 Å². The number of alkyl halides is 1. The second kappa shape index (κ2) is 3.54. The third kappa shape index (κ3) is 2.20. The maximum Gasteiger partial charge on any atom is 0.107 e. The Balaban J connectivity index is 1.88. The number of nitrogens with two attached hydrogens (primary N) is 1. The van der Waals surface area contributed by atoms with Crippen LogP contribution in [-0.4, -0.2) is 36.2 Å². The predicted octanol–water partition coefficient (Wildman–Crippen LogP) is 1.30. The summed E-state index contributed by atoms with van der Waals surface area (Å²) in [5.41, 5.74) is 5.43. The second-order valence-corrected chi connectivity index (χ2v) is 4.62. The van der Waals surface area contributed by atoms with Crippen LogP contribution < -0.4 is 5.73 Å². The molecule has 13 heavy (non-hydrogen) atoms. The van der Waals surface area contributed by atoms with Crippen LogP contribution in [0.15, 0.2) is 0 Å². The molecular weight excluding hydrogens is 167 g/mol. The first kappa shape index (κ1) is 9.41. The van der Waals surface area contributed by atoms with E-state index in [9.17, 15) is 4.39 Å². The van der Waals surface area contributed by atoms with Crippen LogP contribution in [0.1, 0.15) is 32.1 Å². The first-order chi connectivity index (χ1) is 6.23. The minimum Gasteiger partial charge on any atom is -0.323 e. The summed E-state index contributed by atoms with van der Waals surface area (Å²) in [6.07, 6.45) is 5.43. The zero-order chi connectivity index (χ0) is 9.31. The minimum absolute atomic E-state index is 0.356. The minimum atomic E-state index is -0.510. The standard InChI is InChI=1S/C10H19FN2/c11-8-10(12)4-1-6-13(7-5-10)9-2-3-9/h9H,1-8,12H2. The fourth-order valence-electron chi connectivity index (χ4n) is 2.18. The molecule has 2 rings (SSSR count). The molecule has 0 aromatic rings. The second-order valence-electron chi connectivity index (χ2n) is 4.62. The summed E-state index contributed by atoms with van der Waals surface area (Å²) >= 11 is 0. The van der Waals surface area contributed by atoms with Crippen LogP contribution in [0.2, 0.25) is 0 Å². The van der Waals surface area contributed by atoms with Crippen molar-refractivity contribution in [2.24, 2.45) is 5.73 Å². The van der Waals surface area contributed by atoms with E-state index in [1.54, 1.807) is 0 Å². The molecule has 2 nitrogen and oxygen atoms in total. The van der Waals surface area contributed by atoms with E-state index in [2.05, 4.69) is 4.90 Å². The highest BCUT2D eigenvalue weighted by Gasteiger charge is 2.34. The summed E-state index contributed by atoms with van der Waals surface area (Å²) in [6.45, 7) is 1.78. The Hall–Kier alpha value is -0.150. The molecule has 1 aliphatic heterocycles. The lowest BCUT2D eigenvalue weighted by Crippen LogP contribution is -2.43. The summed E-state index contributed by atoms with van der Waals surface area (Å²) in [5.74, 6) is 0. The predicted molar refractivity (Wildman–Crippen MR) is 51.3 cm³/mol. The Morgan fingerprint density at radius 1 is 1.31 bits per heavy atom. The van der Waals surface area contributed by atoms with E-state index in [0.717, 1.165) is 38.4 Å². The fourth-order valence-corrected chi connectivity index (χ4v) is 2.18. The topological polar surface area (TPSA) is 29.3 Å². The molecule has 1 unspecified atom stereocenters. The third-order valence-corrected chi connectivity index (χ3v) is 3.35. The molecule has 0 aromatic carbocycles. The lowest BCUT2D eigenvalue weighted by atomic mass is 9.94. The van der Waals surface area contributed by atoms with Crippen molar-refractivity contribution >= 4 is 0 Å². The van der Waals surface area contributed by atoms with Gasteiger partial charge in [0.25, 0.3) is 0 Å². The lowest BCUT2D eigenvalue weighted by Gasteiger charge is -2.24. The molecule has 1 saturated carbocycles. The highest BCUT2D eigenvalue weighted by Crippen LogP contribution is 2.30. The van der Waals surface area contributed by atoms with Gasteiger partial charge in [-0.15, -0.1) is 0 Å². The van der Waals surface area contributed by atoms with Gasteiger partial charge in [0.05, 0.1) is 0 Å².